The Kier molecular flexibility index (Phi) is 5.69. The minimum absolute atomic E-state index is 0.265. The molecule has 0 aliphatic rings. The number of methoxy groups -OCH3 is 1. The second-order valence-electron chi connectivity index (χ2n) is 6.49. The van der Waals surface area contributed by atoms with Crippen LogP contribution in [0.25, 0.3) is 10.8 Å². The molecule has 3 rings (SSSR count). The van der Waals surface area contributed by atoms with Gasteiger partial charge in [0.05, 0.1) is 0 Å². The fourth-order valence-corrected chi connectivity index (χ4v) is 3.13. The Bertz CT molecular complexity index is 829. The molecule has 0 saturated heterocycles. The third-order valence-corrected chi connectivity index (χ3v) is 4.45. The molecule has 0 N–H and O–H groups in total. The summed E-state index contributed by atoms with van der Waals surface area (Å²) in [6.45, 7) is 0.265. The first kappa shape index (κ1) is 17.5. The molecule has 0 saturated carbocycles. The zero-order valence-corrected chi connectivity index (χ0v) is 15.1. The molecule has 3 heteroatoms. The number of fused-ring (bicyclic) bond motifs is 1. The molecular formula is C22H25NO2. The van der Waals surface area contributed by atoms with Gasteiger partial charge in [-0.3, -0.25) is 0 Å². The molecule has 0 fully saturated rings. The zero-order chi connectivity index (χ0) is 17.6. The summed E-state index contributed by atoms with van der Waals surface area (Å²) in [5.74, 6) is 0.838. The Balaban J connectivity index is 1.85. The van der Waals surface area contributed by atoms with Crippen molar-refractivity contribution in [3.63, 3.8) is 0 Å². The van der Waals surface area contributed by atoms with Crippen molar-refractivity contribution in [2.24, 2.45) is 0 Å². The quantitative estimate of drug-likeness (QED) is 0.586. The van der Waals surface area contributed by atoms with Crippen LogP contribution in [-0.4, -0.2) is 32.9 Å². The van der Waals surface area contributed by atoms with Crippen LogP contribution in [0.3, 0.4) is 0 Å². The molecule has 0 spiro atoms. The molecule has 1 unspecified atom stereocenters. The first-order chi connectivity index (χ1) is 12.2. The summed E-state index contributed by atoms with van der Waals surface area (Å²) in [7, 11) is 5.87. The minimum Gasteiger partial charge on any atom is -0.468 e. The van der Waals surface area contributed by atoms with Crippen molar-refractivity contribution in [2.75, 3.05) is 28.0 Å². The molecule has 0 aliphatic heterocycles. The third-order valence-electron chi connectivity index (χ3n) is 4.45. The molecule has 1 atom stereocenters. The maximum Gasteiger partial charge on any atom is 0.188 e. The van der Waals surface area contributed by atoms with Gasteiger partial charge in [-0.05, 0) is 54.5 Å². The maximum absolute atomic E-state index is 5.59. The highest BCUT2D eigenvalue weighted by Crippen LogP contribution is 2.27. The SMILES string of the molecule is COCOc1cccc(C(Cc2ccc3ccccc3c2)N(C)C)c1. The standard InChI is InChI=1S/C22H25NO2/c1-23(2)22(20-9-6-10-21(15-20)25-16-24-3)14-17-11-12-18-7-4-5-8-19(18)13-17/h4-13,15,22H,14,16H2,1-3H3. The van der Waals surface area contributed by atoms with Crippen molar-refractivity contribution in [1.29, 1.82) is 0 Å². The Morgan fingerprint density at radius 2 is 1.68 bits per heavy atom. The van der Waals surface area contributed by atoms with Gasteiger partial charge >= 0.3 is 0 Å². The van der Waals surface area contributed by atoms with E-state index in [0.29, 0.717) is 0 Å². The van der Waals surface area contributed by atoms with Gasteiger partial charge in [-0.15, -0.1) is 0 Å². The smallest absolute Gasteiger partial charge is 0.188 e. The molecule has 0 heterocycles. The van der Waals surface area contributed by atoms with E-state index in [9.17, 15) is 0 Å². The van der Waals surface area contributed by atoms with Gasteiger partial charge in [0.1, 0.15) is 5.75 Å². The van der Waals surface area contributed by atoms with Crippen LogP contribution in [0.4, 0.5) is 0 Å². The van der Waals surface area contributed by atoms with Crippen LogP contribution in [0.2, 0.25) is 0 Å². The Hall–Kier alpha value is -2.36. The number of nitrogens with zero attached hydrogens (tertiary/aromatic N) is 1. The zero-order valence-electron chi connectivity index (χ0n) is 15.1. The van der Waals surface area contributed by atoms with Crippen LogP contribution >= 0.6 is 0 Å². The molecule has 3 nitrogen and oxygen atoms in total. The molecular weight excluding hydrogens is 310 g/mol. The molecule has 0 radical (unpaired) electrons. The van der Waals surface area contributed by atoms with Gasteiger partial charge in [0, 0.05) is 13.2 Å². The van der Waals surface area contributed by atoms with Crippen LogP contribution < -0.4 is 4.74 Å². The van der Waals surface area contributed by atoms with Gasteiger partial charge < -0.3 is 14.4 Å². The Morgan fingerprint density at radius 3 is 2.44 bits per heavy atom. The van der Waals surface area contributed by atoms with E-state index in [-0.39, 0.29) is 12.8 Å². The molecule has 3 aromatic carbocycles. The number of hydrogen-bond donors (Lipinski definition) is 0. The van der Waals surface area contributed by atoms with E-state index in [1.54, 1.807) is 7.11 Å². The highest BCUT2D eigenvalue weighted by molar-refractivity contribution is 5.83. The number of benzene rings is 3. The van der Waals surface area contributed by atoms with Crippen LogP contribution in [0.1, 0.15) is 17.2 Å². The van der Waals surface area contributed by atoms with Crippen LogP contribution in [0.5, 0.6) is 5.75 Å². The molecule has 0 bridgehead atoms. The third kappa shape index (κ3) is 4.38. The average molecular weight is 335 g/mol. The first-order valence-corrected chi connectivity index (χ1v) is 8.53. The lowest BCUT2D eigenvalue weighted by atomic mass is 9.96. The van der Waals surface area contributed by atoms with E-state index in [0.717, 1.165) is 12.2 Å². The highest BCUT2D eigenvalue weighted by Gasteiger charge is 2.16. The Morgan fingerprint density at radius 1 is 0.880 bits per heavy atom. The summed E-state index contributed by atoms with van der Waals surface area (Å²) in [5, 5.41) is 2.57. The van der Waals surface area contributed by atoms with E-state index in [4.69, 9.17) is 9.47 Å². The van der Waals surface area contributed by atoms with Gasteiger partial charge in [0.25, 0.3) is 0 Å². The average Bonchev–Trinajstić information content (AvgIpc) is 2.64. The number of ether oxygens (including phenoxy) is 2. The van der Waals surface area contributed by atoms with Gasteiger partial charge in [0.2, 0.25) is 0 Å². The minimum atomic E-state index is 0.265. The van der Waals surface area contributed by atoms with Crippen molar-refractivity contribution >= 4 is 10.8 Å². The highest BCUT2D eigenvalue weighted by atomic mass is 16.7. The maximum atomic E-state index is 5.59. The summed E-state index contributed by atoms with van der Waals surface area (Å²) in [6, 6.07) is 23.8. The van der Waals surface area contributed by atoms with Gasteiger partial charge in [0.15, 0.2) is 6.79 Å². The Labute approximate surface area is 149 Å². The lowest BCUT2D eigenvalue weighted by molar-refractivity contribution is 0.0510. The summed E-state index contributed by atoms with van der Waals surface area (Å²) in [6.07, 6.45) is 0.950. The van der Waals surface area contributed by atoms with Crippen molar-refractivity contribution in [3.05, 3.63) is 77.9 Å². The summed E-state index contributed by atoms with van der Waals surface area (Å²) < 4.78 is 10.6. The van der Waals surface area contributed by atoms with E-state index >= 15 is 0 Å². The lowest BCUT2D eigenvalue weighted by Crippen LogP contribution is -2.22. The van der Waals surface area contributed by atoms with E-state index in [1.807, 2.05) is 12.1 Å². The second-order valence-corrected chi connectivity index (χ2v) is 6.49. The van der Waals surface area contributed by atoms with Crippen molar-refractivity contribution < 1.29 is 9.47 Å². The van der Waals surface area contributed by atoms with Crippen molar-refractivity contribution in [2.45, 2.75) is 12.5 Å². The summed E-state index contributed by atoms with van der Waals surface area (Å²) >= 11 is 0. The van der Waals surface area contributed by atoms with Crippen molar-refractivity contribution in [1.82, 2.24) is 4.90 Å². The van der Waals surface area contributed by atoms with Crippen LogP contribution in [0.15, 0.2) is 66.7 Å². The van der Waals surface area contributed by atoms with E-state index in [1.165, 1.54) is 21.9 Å². The summed E-state index contributed by atoms with van der Waals surface area (Å²) in [5.41, 5.74) is 2.58. The van der Waals surface area contributed by atoms with Gasteiger partial charge in [-0.2, -0.15) is 0 Å². The molecule has 0 amide bonds. The molecule has 0 aliphatic carbocycles. The van der Waals surface area contributed by atoms with Crippen molar-refractivity contribution in [3.8, 4) is 5.75 Å². The fraction of sp³-hybridized carbons (Fsp3) is 0.273. The second kappa shape index (κ2) is 8.15. The lowest BCUT2D eigenvalue weighted by Gasteiger charge is -2.25. The topological polar surface area (TPSA) is 21.7 Å². The number of likely N-dealkylation sites (N-methyl/N-ethyl adjacent to an activating group) is 1. The number of hydrogen-bond acceptors (Lipinski definition) is 3. The van der Waals surface area contributed by atoms with Crippen LogP contribution in [-0.2, 0) is 11.2 Å². The largest absolute Gasteiger partial charge is 0.468 e. The normalized spacial score (nSPS) is 12.5. The monoisotopic (exact) mass is 335 g/mol. The van der Waals surface area contributed by atoms with Crippen LogP contribution in [0, 0.1) is 0 Å². The predicted octanol–water partition coefficient (Wildman–Crippen LogP) is 4.67. The number of rotatable bonds is 7. The van der Waals surface area contributed by atoms with Gasteiger partial charge in [-0.25, -0.2) is 0 Å². The summed E-state index contributed by atoms with van der Waals surface area (Å²) in [4.78, 5) is 2.25. The molecule has 0 aromatic heterocycles. The van der Waals surface area contributed by atoms with E-state index < -0.39 is 0 Å². The van der Waals surface area contributed by atoms with E-state index in [2.05, 4.69) is 73.6 Å². The van der Waals surface area contributed by atoms with Gasteiger partial charge in [-0.1, -0.05) is 54.6 Å². The predicted molar refractivity (Wildman–Crippen MR) is 103 cm³/mol. The fourth-order valence-electron chi connectivity index (χ4n) is 3.13. The molecule has 25 heavy (non-hydrogen) atoms. The first-order valence-electron chi connectivity index (χ1n) is 8.53. The molecule has 3 aromatic rings. The molecule has 130 valence electrons.